The van der Waals surface area contributed by atoms with Crippen LogP contribution in [0.1, 0.15) is 11.1 Å². The SMILES string of the molecule is COC1=NCCc2ccc(Oc3c(F)cc4c(ccn4C)c3F)cc21. The van der Waals surface area contributed by atoms with Crippen LogP contribution < -0.4 is 4.74 Å². The summed E-state index contributed by atoms with van der Waals surface area (Å²) in [6, 6.07) is 8.14. The lowest BCUT2D eigenvalue weighted by atomic mass is 10.0. The summed E-state index contributed by atoms with van der Waals surface area (Å²) >= 11 is 0. The Labute approximate surface area is 143 Å². The molecule has 0 aliphatic carbocycles. The number of aliphatic imine (C=N–C) groups is 1. The molecular weight excluding hydrogens is 326 g/mol. The molecule has 0 unspecified atom stereocenters. The molecule has 0 amide bonds. The van der Waals surface area contributed by atoms with Gasteiger partial charge in [0.25, 0.3) is 0 Å². The number of benzene rings is 2. The Kier molecular flexibility index (Phi) is 3.67. The molecule has 0 saturated heterocycles. The molecule has 128 valence electrons. The van der Waals surface area contributed by atoms with E-state index in [0.717, 1.165) is 17.5 Å². The molecule has 6 heteroatoms. The zero-order valence-electron chi connectivity index (χ0n) is 13.8. The molecule has 0 spiro atoms. The lowest BCUT2D eigenvalue weighted by molar-refractivity contribution is 0.397. The minimum atomic E-state index is -0.745. The molecule has 4 rings (SSSR count). The fourth-order valence-electron chi connectivity index (χ4n) is 3.11. The minimum Gasteiger partial charge on any atom is -0.481 e. The smallest absolute Gasteiger partial charge is 0.216 e. The fourth-order valence-corrected chi connectivity index (χ4v) is 3.11. The third-order valence-corrected chi connectivity index (χ3v) is 4.40. The zero-order chi connectivity index (χ0) is 17.6. The second-order valence-corrected chi connectivity index (χ2v) is 5.92. The van der Waals surface area contributed by atoms with Crippen molar-refractivity contribution in [2.24, 2.45) is 12.0 Å². The Hall–Kier alpha value is -2.89. The second-order valence-electron chi connectivity index (χ2n) is 5.92. The molecule has 1 aliphatic heterocycles. The first-order chi connectivity index (χ1) is 12.1. The van der Waals surface area contributed by atoms with E-state index >= 15 is 0 Å². The van der Waals surface area contributed by atoms with E-state index in [4.69, 9.17) is 9.47 Å². The topological polar surface area (TPSA) is 35.8 Å². The molecule has 1 aliphatic rings. The van der Waals surface area contributed by atoms with Gasteiger partial charge in [0.15, 0.2) is 17.4 Å². The van der Waals surface area contributed by atoms with Gasteiger partial charge in [-0.15, -0.1) is 0 Å². The normalized spacial score (nSPS) is 13.5. The maximum absolute atomic E-state index is 14.7. The van der Waals surface area contributed by atoms with Gasteiger partial charge >= 0.3 is 0 Å². The maximum Gasteiger partial charge on any atom is 0.216 e. The predicted molar refractivity (Wildman–Crippen MR) is 91.5 cm³/mol. The first-order valence-corrected chi connectivity index (χ1v) is 7.91. The summed E-state index contributed by atoms with van der Waals surface area (Å²) in [4.78, 5) is 4.30. The van der Waals surface area contributed by atoms with Crippen LogP contribution in [0.15, 0.2) is 41.5 Å². The number of hydrogen-bond acceptors (Lipinski definition) is 3. The molecule has 0 radical (unpaired) electrons. The van der Waals surface area contributed by atoms with Crippen LogP contribution in [0.3, 0.4) is 0 Å². The Morgan fingerprint density at radius 1 is 1.16 bits per heavy atom. The Balaban J connectivity index is 1.76. The first kappa shape index (κ1) is 15.6. The van der Waals surface area contributed by atoms with E-state index in [9.17, 15) is 8.78 Å². The molecule has 0 atom stereocenters. The predicted octanol–water partition coefficient (Wildman–Crippen LogP) is 4.20. The fraction of sp³-hybridized carbons (Fsp3) is 0.211. The average Bonchev–Trinajstić information content (AvgIpc) is 2.99. The van der Waals surface area contributed by atoms with Crippen molar-refractivity contribution in [1.82, 2.24) is 4.57 Å². The summed E-state index contributed by atoms with van der Waals surface area (Å²) in [7, 11) is 3.28. The van der Waals surface area contributed by atoms with E-state index in [1.807, 2.05) is 6.07 Å². The van der Waals surface area contributed by atoms with Crippen LogP contribution >= 0.6 is 0 Å². The van der Waals surface area contributed by atoms with Gasteiger partial charge in [0.05, 0.1) is 12.6 Å². The number of hydrogen-bond donors (Lipinski definition) is 0. The van der Waals surface area contributed by atoms with Gasteiger partial charge in [-0.2, -0.15) is 0 Å². The molecule has 25 heavy (non-hydrogen) atoms. The summed E-state index contributed by atoms with van der Waals surface area (Å²) in [6.45, 7) is 0.657. The monoisotopic (exact) mass is 342 g/mol. The molecule has 0 bridgehead atoms. The van der Waals surface area contributed by atoms with Crippen molar-refractivity contribution >= 4 is 16.8 Å². The molecule has 4 nitrogen and oxygen atoms in total. The van der Waals surface area contributed by atoms with E-state index < -0.39 is 17.4 Å². The second kappa shape index (κ2) is 5.88. The van der Waals surface area contributed by atoms with Crippen molar-refractivity contribution in [1.29, 1.82) is 0 Å². The van der Waals surface area contributed by atoms with E-state index in [0.29, 0.717) is 29.1 Å². The summed E-state index contributed by atoms with van der Waals surface area (Å²) in [5.41, 5.74) is 2.33. The number of halogens is 2. The highest BCUT2D eigenvalue weighted by atomic mass is 19.1. The molecule has 0 N–H and O–H groups in total. The van der Waals surface area contributed by atoms with E-state index in [2.05, 4.69) is 4.99 Å². The van der Waals surface area contributed by atoms with Crippen LogP contribution in [0.25, 0.3) is 10.9 Å². The van der Waals surface area contributed by atoms with Crippen LogP contribution in [0.2, 0.25) is 0 Å². The van der Waals surface area contributed by atoms with Crippen LogP contribution in [-0.2, 0) is 18.2 Å². The molecule has 0 fully saturated rings. The number of fused-ring (bicyclic) bond motifs is 2. The zero-order valence-corrected chi connectivity index (χ0v) is 13.8. The van der Waals surface area contributed by atoms with Crippen molar-refractivity contribution in [3.8, 4) is 11.5 Å². The van der Waals surface area contributed by atoms with Gasteiger partial charge in [0.2, 0.25) is 5.90 Å². The number of nitrogens with zero attached hydrogens (tertiary/aromatic N) is 2. The summed E-state index contributed by atoms with van der Waals surface area (Å²) < 4.78 is 41.5. The number of methoxy groups -OCH3 is 1. The van der Waals surface area contributed by atoms with Gasteiger partial charge < -0.3 is 14.0 Å². The van der Waals surface area contributed by atoms with Crippen molar-refractivity contribution in [2.45, 2.75) is 6.42 Å². The number of rotatable bonds is 2. The highest BCUT2D eigenvalue weighted by Gasteiger charge is 2.20. The minimum absolute atomic E-state index is 0.316. The van der Waals surface area contributed by atoms with Crippen molar-refractivity contribution in [3.05, 3.63) is 59.3 Å². The van der Waals surface area contributed by atoms with E-state index in [1.54, 1.807) is 43.1 Å². The van der Waals surface area contributed by atoms with Gasteiger partial charge in [-0.05, 0) is 30.2 Å². The summed E-state index contributed by atoms with van der Waals surface area (Å²) in [6.07, 6.45) is 2.47. The molecule has 0 saturated carbocycles. The van der Waals surface area contributed by atoms with Crippen LogP contribution in [0.4, 0.5) is 8.78 Å². The van der Waals surface area contributed by atoms with Crippen molar-refractivity contribution < 1.29 is 18.3 Å². The van der Waals surface area contributed by atoms with Crippen molar-refractivity contribution in [3.63, 3.8) is 0 Å². The maximum atomic E-state index is 14.7. The van der Waals surface area contributed by atoms with E-state index in [-0.39, 0.29) is 0 Å². The van der Waals surface area contributed by atoms with Gasteiger partial charge in [-0.3, -0.25) is 4.99 Å². The number of ether oxygens (including phenoxy) is 2. The highest BCUT2D eigenvalue weighted by molar-refractivity contribution is 5.96. The lowest BCUT2D eigenvalue weighted by Gasteiger charge is -2.17. The quantitative estimate of drug-likeness (QED) is 0.700. The van der Waals surface area contributed by atoms with Gasteiger partial charge in [-0.1, -0.05) is 6.07 Å². The standard InChI is InChI=1S/C19H16F2N2O2/c1-23-8-6-13-16(23)10-15(20)18(17(13)21)25-12-4-3-11-5-7-22-19(24-2)14(11)9-12/h3-4,6,8-10H,5,7H2,1-2H3. The Morgan fingerprint density at radius 2 is 2.00 bits per heavy atom. The lowest BCUT2D eigenvalue weighted by Crippen LogP contribution is -2.14. The summed E-state index contributed by atoms with van der Waals surface area (Å²) in [5, 5.41) is 0.316. The van der Waals surface area contributed by atoms with Crippen LogP contribution in [0.5, 0.6) is 11.5 Å². The number of aromatic nitrogens is 1. The largest absolute Gasteiger partial charge is 0.481 e. The Bertz CT molecular complexity index is 1010. The van der Waals surface area contributed by atoms with Crippen LogP contribution in [-0.4, -0.2) is 24.1 Å². The van der Waals surface area contributed by atoms with Gasteiger partial charge in [-0.25, -0.2) is 8.78 Å². The number of aryl methyl sites for hydroxylation is 1. The molecule has 1 aromatic heterocycles. The molecule has 2 aromatic carbocycles. The highest BCUT2D eigenvalue weighted by Crippen LogP contribution is 2.34. The molecular formula is C19H16F2N2O2. The molecule has 2 heterocycles. The average molecular weight is 342 g/mol. The third-order valence-electron chi connectivity index (χ3n) is 4.40. The van der Waals surface area contributed by atoms with Crippen LogP contribution in [0, 0.1) is 11.6 Å². The third kappa shape index (κ3) is 2.54. The van der Waals surface area contributed by atoms with E-state index in [1.165, 1.54) is 6.07 Å². The van der Waals surface area contributed by atoms with Gasteiger partial charge in [0.1, 0.15) is 5.75 Å². The summed E-state index contributed by atoms with van der Waals surface area (Å²) in [5.74, 6) is -1.03. The first-order valence-electron chi connectivity index (χ1n) is 7.91. The van der Waals surface area contributed by atoms with Crippen molar-refractivity contribution in [2.75, 3.05) is 13.7 Å². The molecule has 3 aromatic rings. The van der Waals surface area contributed by atoms with Gasteiger partial charge in [0, 0.05) is 36.8 Å². The Morgan fingerprint density at radius 3 is 2.80 bits per heavy atom.